The first-order valence-electron chi connectivity index (χ1n) is 6.49. The van der Waals surface area contributed by atoms with E-state index in [9.17, 15) is 9.18 Å². The standard InChI is InChI=1S/C15H17FO3/c1-2-19-14-7-6-11(8-13(14)16)12(9-15(17)18)10-4-3-5-10/h6-10H,2-5H2,1H3,(H,17,18)/b12-9+. The number of carbonyl (C=O) groups is 1. The Morgan fingerprint density at radius 2 is 2.26 bits per heavy atom. The van der Waals surface area contributed by atoms with Crippen LogP contribution in [0.5, 0.6) is 5.75 Å². The van der Waals surface area contributed by atoms with Crippen LogP contribution in [-0.2, 0) is 4.79 Å². The van der Waals surface area contributed by atoms with E-state index >= 15 is 0 Å². The second-order valence-corrected chi connectivity index (χ2v) is 4.64. The van der Waals surface area contributed by atoms with Crippen LogP contribution in [0, 0.1) is 11.7 Å². The van der Waals surface area contributed by atoms with Crippen molar-refractivity contribution in [2.45, 2.75) is 26.2 Å². The van der Waals surface area contributed by atoms with E-state index < -0.39 is 11.8 Å². The number of aliphatic carboxylic acids is 1. The highest BCUT2D eigenvalue weighted by Crippen LogP contribution is 2.39. The number of halogens is 1. The molecule has 1 aromatic rings. The number of hydrogen-bond acceptors (Lipinski definition) is 2. The molecule has 1 N–H and O–H groups in total. The Morgan fingerprint density at radius 3 is 2.74 bits per heavy atom. The topological polar surface area (TPSA) is 46.5 Å². The molecule has 2 rings (SSSR count). The lowest BCUT2D eigenvalue weighted by Crippen LogP contribution is -2.14. The molecule has 1 fully saturated rings. The molecule has 0 atom stereocenters. The van der Waals surface area contributed by atoms with Crippen LogP contribution in [0.25, 0.3) is 5.57 Å². The molecule has 1 saturated carbocycles. The van der Waals surface area contributed by atoms with Crippen LogP contribution < -0.4 is 4.74 Å². The summed E-state index contributed by atoms with van der Waals surface area (Å²) >= 11 is 0. The molecule has 0 bridgehead atoms. The van der Waals surface area contributed by atoms with Gasteiger partial charge in [0, 0.05) is 6.08 Å². The molecule has 0 radical (unpaired) electrons. The molecule has 0 spiro atoms. The van der Waals surface area contributed by atoms with Gasteiger partial charge in [0.05, 0.1) is 6.61 Å². The number of carboxylic acids is 1. The third-order valence-corrected chi connectivity index (χ3v) is 3.39. The predicted octanol–water partition coefficient (Wildman–Crippen LogP) is 3.49. The van der Waals surface area contributed by atoms with E-state index in [-0.39, 0.29) is 11.7 Å². The van der Waals surface area contributed by atoms with E-state index in [0.29, 0.717) is 17.7 Å². The minimum atomic E-state index is -0.990. The maximum atomic E-state index is 13.8. The number of benzene rings is 1. The smallest absolute Gasteiger partial charge is 0.328 e. The molecule has 0 saturated heterocycles. The summed E-state index contributed by atoms with van der Waals surface area (Å²) in [5.41, 5.74) is 1.34. The van der Waals surface area contributed by atoms with E-state index in [1.807, 2.05) is 0 Å². The quantitative estimate of drug-likeness (QED) is 0.828. The third kappa shape index (κ3) is 3.13. The number of hydrogen-bond donors (Lipinski definition) is 1. The van der Waals surface area contributed by atoms with Crippen LogP contribution in [0.3, 0.4) is 0 Å². The van der Waals surface area contributed by atoms with Crippen molar-refractivity contribution in [3.8, 4) is 5.75 Å². The fraction of sp³-hybridized carbons (Fsp3) is 0.400. The van der Waals surface area contributed by atoms with Gasteiger partial charge >= 0.3 is 5.97 Å². The summed E-state index contributed by atoms with van der Waals surface area (Å²) in [5.74, 6) is -1.01. The van der Waals surface area contributed by atoms with Gasteiger partial charge in [-0.05, 0) is 49.0 Å². The van der Waals surface area contributed by atoms with E-state index in [4.69, 9.17) is 9.84 Å². The van der Waals surface area contributed by atoms with E-state index in [1.165, 1.54) is 12.1 Å². The summed E-state index contributed by atoms with van der Waals surface area (Å²) in [6, 6.07) is 4.64. The van der Waals surface area contributed by atoms with E-state index in [0.717, 1.165) is 19.3 Å². The van der Waals surface area contributed by atoms with Crippen molar-refractivity contribution in [1.82, 2.24) is 0 Å². The van der Waals surface area contributed by atoms with Gasteiger partial charge < -0.3 is 9.84 Å². The highest BCUT2D eigenvalue weighted by Gasteiger charge is 2.24. The molecule has 0 heterocycles. The highest BCUT2D eigenvalue weighted by atomic mass is 19.1. The van der Waals surface area contributed by atoms with Crippen LogP contribution in [0.2, 0.25) is 0 Å². The lowest BCUT2D eigenvalue weighted by molar-refractivity contribution is -0.131. The summed E-state index contributed by atoms with van der Waals surface area (Å²) in [6.45, 7) is 2.19. The maximum absolute atomic E-state index is 13.8. The molecule has 102 valence electrons. The molecule has 1 aliphatic carbocycles. The van der Waals surface area contributed by atoms with Crippen molar-refractivity contribution in [3.05, 3.63) is 35.7 Å². The summed E-state index contributed by atoms with van der Waals surface area (Å²) in [5, 5.41) is 8.93. The lowest BCUT2D eigenvalue weighted by atomic mass is 9.77. The lowest BCUT2D eigenvalue weighted by Gasteiger charge is -2.28. The van der Waals surface area contributed by atoms with Crippen molar-refractivity contribution in [3.63, 3.8) is 0 Å². The van der Waals surface area contributed by atoms with Gasteiger partial charge in [-0.15, -0.1) is 0 Å². The van der Waals surface area contributed by atoms with Gasteiger partial charge in [0.1, 0.15) is 0 Å². The number of ether oxygens (including phenoxy) is 1. The molecule has 3 nitrogen and oxygen atoms in total. The second-order valence-electron chi connectivity index (χ2n) is 4.64. The number of carboxylic acid groups (broad SMARTS) is 1. The Morgan fingerprint density at radius 1 is 1.53 bits per heavy atom. The summed E-state index contributed by atoms with van der Waals surface area (Å²) < 4.78 is 19.0. The van der Waals surface area contributed by atoms with Gasteiger partial charge in [0.15, 0.2) is 11.6 Å². The largest absolute Gasteiger partial charge is 0.491 e. The van der Waals surface area contributed by atoms with Crippen LogP contribution in [-0.4, -0.2) is 17.7 Å². The normalized spacial score (nSPS) is 16.0. The predicted molar refractivity (Wildman–Crippen MR) is 70.5 cm³/mol. The van der Waals surface area contributed by atoms with Crippen LogP contribution >= 0.6 is 0 Å². The first-order valence-corrected chi connectivity index (χ1v) is 6.49. The van der Waals surface area contributed by atoms with Crippen LogP contribution in [0.1, 0.15) is 31.7 Å². The first-order chi connectivity index (χ1) is 9.11. The average molecular weight is 264 g/mol. The molecule has 0 aliphatic heterocycles. The minimum absolute atomic E-state index is 0.203. The molecule has 1 aliphatic rings. The van der Waals surface area contributed by atoms with E-state index in [2.05, 4.69) is 0 Å². The van der Waals surface area contributed by atoms with Crippen molar-refractivity contribution in [2.24, 2.45) is 5.92 Å². The van der Waals surface area contributed by atoms with Gasteiger partial charge in [-0.25, -0.2) is 9.18 Å². The molecule has 0 aromatic heterocycles. The fourth-order valence-corrected chi connectivity index (χ4v) is 2.24. The first kappa shape index (κ1) is 13.6. The number of allylic oxidation sites excluding steroid dienone is 1. The molecular weight excluding hydrogens is 247 g/mol. The Labute approximate surface area is 111 Å². The molecule has 0 unspecified atom stereocenters. The minimum Gasteiger partial charge on any atom is -0.491 e. The van der Waals surface area contributed by atoms with Crippen LogP contribution in [0.4, 0.5) is 4.39 Å². The third-order valence-electron chi connectivity index (χ3n) is 3.39. The van der Waals surface area contributed by atoms with E-state index in [1.54, 1.807) is 19.1 Å². The molecule has 19 heavy (non-hydrogen) atoms. The molecule has 0 amide bonds. The zero-order valence-corrected chi connectivity index (χ0v) is 10.9. The number of rotatable bonds is 5. The molecule has 1 aromatic carbocycles. The van der Waals surface area contributed by atoms with Crippen LogP contribution in [0.15, 0.2) is 24.3 Å². The summed E-state index contributed by atoms with van der Waals surface area (Å²) in [6.07, 6.45) is 4.22. The van der Waals surface area contributed by atoms with Crippen molar-refractivity contribution in [2.75, 3.05) is 6.61 Å². The van der Waals surface area contributed by atoms with Gasteiger partial charge in [0.25, 0.3) is 0 Å². The van der Waals surface area contributed by atoms with Crippen molar-refractivity contribution < 1.29 is 19.0 Å². The van der Waals surface area contributed by atoms with Gasteiger partial charge in [-0.3, -0.25) is 0 Å². The maximum Gasteiger partial charge on any atom is 0.328 e. The Bertz CT molecular complexity index is 504. The Hall–Kier alpha value is -1.84. The van der Waals surface area contributed by atoms with Gasteiger partial charge in [0.2, 0.25) is 0 Å². The molecular formula is C15H17FO3. The SMILES string of the molecule is CCOc1ccc(/C(=C/C(=O)O)C2CCC2)cc1F. The fourth-order valence-electron chi connectivity index (χ4n) is 2.24. The second kappa shape index (κ2) is 5.87. The summed E-state index contributed by atoms with van der Waals surface area (Å²) in [4.78, 5) is 10.9. The van der Waals surface area contributed by atoms with Crippen molar-refractivity contribution in [1.29, 1.82) is 0 Å². The highest BCUT2D eigenvalue weighted by molar-refractivity contribution is 5.90. The van der Waals surface area contributed by atoms with Gasteiger partial charge in [-0.2, -0.15) is 0 Å². The zero-order valence-electron chi connectivity index (χ0n) is 10.9. The Balaban J connectivity index is 2.31. The molecule has 4 heteroatoms. The summed E-state index contributed by atoms with van der Waals surface area (Å²) in [7, 11) is 0. The van der Waals surface area contributed by atoms with Crippen molar-refractivity contribution >= 4 is 11.5 Å². The zero-order chi connectivity index (χ0) is 13.8. The Kier molecular flexibility index (Phi) is 4.20. The van der Waals surface area contributed by atoms with Gasteiger partial charge in [-0.1, -0.05) is 12.5 Å². The monoisotopic (exact) mass is 264 g/mol. The average Bonchev–Trinajstić information content (AvgIpc) is 2.28.